The quantitative estimate of drug-likeness (QED) is 0.835. The van der Waals surface area contributed by atoms with Gasteiger partial charge in [-0.05, 0) is 36.4 Å². The lowest BCUT2D eigenvalue weighted by atomic mass is 10.2. The summed E-state index contributed by atoms with van der Waals surface area (Å²) in [5, 5.41) is 22.4. The highest BCUT2D eigenvalue weighted by atomic mass is 16.2. The number of benzene rings is 1. The van der Waals surface area contributed by atoms with Crippen LogP contribution in [0.5, 0.6) is 0 Å². The van der Waals surface area contributed by atoms with Gasteiger partial charge in [-0.3, -0.25) is 9.59 Å². The highest BCUT2D eigenvalue weighted by Crippen LogP contribution is 2.09. The molecule has 0 saturated heterocycles. The van der Waals surface area contributed by atoms with Gasteiger partial charge in [0.25, 0.3) is 0 Å². The van der Waals surface area contributed by atoms with Crippen LogP contribution in [0, 0.1) is 22.7 Å². The number of rotatable bonds is 4. The van der Waals surface area contributed by atoms with Crippen LogP contribution in [-0.4, -0.2) is 16.8 Å². The zero-order chi connectivity index (χ0) is 16.7. The van der Waals surface area contributed by atoms with E-state index in [1.807, 2.05) is 12.1 Å². The van der Waals surface area contributed by atoms with E-state index in [4.69, 9.17) is 10.5 Å². The fourth-order valence-corrected chi connectivity index (χ4v) is 1.70. The van der Waals surface area contributed by atoms with Crippen LogP contribution in [0.15, 0.2) is 42.6 Å². The van der Waals surface area contributed by atoms with E-state index in [9.17, 15) is 9.59 Å². The number of amides is 2. The Balaban J connectivity index is 1.87. The lowest BCUT2D eigenvalue weighted by molar-refractivity contribution is -0.123. The molecule has 0 saturated carbocycles. The first-order valence-corrected chi connectivity index (χ1v) is 6.57. The van der Waals surface area contributed by atoms with E-state index < -0.39 is 11.8 Å². The molecule has 0 bridgehead atoms. The Morgan fingerprint density at radius 2 is 1.52 bits per heavy atom. The zero-order valence-corrected chi connectivity index (χ0v) is 11.9. The van der Waals surface area contributed by atoms with E-state index in [-0.39, 0.29) is 12.2 Å². The summed E-state index contributed by atoms with van der Waals surface area (Å²) in [7, 11) is 0. The van der Waals surface area contributed by atoms with E-state index in [1.54, 1.807) is 24.3 Å². The third-order valence-electron chi connectivity index (χ3n) is 2.78. The largest absolute Gasteiger partial charge is 0.326 e. The minimum absolute atomic E-state index is 0.264. The Hall–Kier alpha value is -3.71. The van der Waals surface area contributed by atoms with Crippen LogP contribution in [0.2, 0.25) is 0 Å². The zero-order valence-electron chi connectivity index (χ0n) is 11.9. The molecule has 7 heteroatoms. The van der Waals surface area contributed by atoms with Crippen molar-refractivity contribution in [2.75, 3.05) is 10.6 Å². The number of nitriles is 2. The standard InChI is InChI=1S/C16H11N5O2/c17-8-11-1-4-13(5-2-11)20-15(22)7-16(23)21-14-6-3-12(9-18)10-19-14/h1-6,10H,7H2,(H,20,22)(H,19,21,23). The van der Waals surface area contributed by atoms with Gasteiger partial charge in [0.05, 0.1) is 17.2 Å². The van der Waals surface area contributed by atoms with E-state index in [1.165, 1.54) is 18.3 Å². The molecule has 2 N–H and O–H groups in total. The Morgan fingerprint density at radius 3 is 2.09 bits per heavy atom. The molecule has 0 fully saturated rings. The molecule has 0 aliphatic heterocycles. The summed E-state index contributed by atoms with van der Waals surface area (Å²) in [6.07, 6.45) is 0.952. The highest BCUT2D eigenvalue weighted by molar-refractivity contribution is 6.07. The minimum atomic E-state index is -0.520. The van der Waals surface area contributed by atoms with Gasteiger partial charge in [-0.15, -0.1) is 0 Å². The lowest BCUT2D eigenvalue weighted by Crippen LogP contribution is -2.21. The number of nitrogens with zero attached hydrogens (tertiary/aromatic N) is 3. The summed E-state index contributed by atoms with van der Waals surface area (Å²) < 4.78 is 0. The number of carbonyl (C=O) groups is 2. The van der Waals surface area contributed by atoms with Gasteiger partial charge in [-0.2, -0.15) is 10.5 Å². The smallest absolute Gasteiger partial charge is 0.234 e. The third-order valence-corrected chi connectivity index (χ3v) is 2.78. The minimum Gasteiger partial charge on any atom is -0.326 e. The Morgan fingerprint density at radius 1 is 0.913 bits per heavy atom. The Kier molecular flexibility index (Phi) is 5.00. The molecule has 0 unspecified atom stereocenters. The second-order valence-electron chi connectivity index (χ2n) is 4.51. The predicted molar refractivity (Wildman–Crippen MR) is 82.0 cm³/mol. The topological polar surface area (TPSA) is 119 Å². The first-order valence-electron chi connectivity index (χ1n) is 6.57. The third kappa shape index (κ3) is 4.66. The van der Waals surface area contributed by atoms with Gasteiger partial charge in [0.2, 0.25) is 11.8 Å². The van der Waals surface area contributed by atoms with Crippen molar-refractivity contribution in [3.63, 3.8) is 0 Å². The normalized spacial score (nSPS) is 9.30. The SMILES string of the molecule is N#Cc1ccc(NC(=O)CC(=O)Nc2ccc(C#N)cn2)cc1. The van der Waals surface area contributed by atoms with E-state index in [0.29, 0.717) is 16.8 Å². The van der Waals surface area contributed by atoms with Crippen molar-refractivity contribution in [2.45, 2.75) is 6.42 Å². The van der Waals surface area contributed by atoms with Crippen molar-refractivity contribution in [1.29, 1.82) is 10.5 Å². The van der Waals surface area contributed by atoms with Crippen molar-refractivity contribution in [3.05, 3.63) is 53.7 Å². The van der Waals surface area contributed by atoms with Gasteiger partial charge in [0.15, 0.2) is 0 Å². The average molecular weight is 305 g/mol. The molecule has 2 rings (SSSR count). The molecule has 0 atom stereocenters. The van der Waals surface area contributed by atoms with Gasteiger partial charge in [0.1, 0.15) is 18.3 Å². The molecule has 0 radical (unpaired) electrons. The summed E-state index contributed by atoms with van der Waals surface area (Å²) in [5.41, 5.74) is 1.35. The maximum Gasteiger partial charge on any atom is 0.234 e. The van der Waals surface area contributed by atoms with E-state index >= 15 is 0 Å². The first kappa shape index (κ1) is 15.7. The molecule has 1 aromatic heterocycles. The number of nitrogens with one attached hydrogen (secondary N) is 2. The number of carbonyl (C=O) groups excluding carboxylic acids is 2. The van der Waals surface area contributed by atoms with Gasteiger partial charge in [-0.1, -0.05) is 0 Å². The molecule has 1 heterocycles. The Bertz CT molecular complexity index is 729. The maximum absolute atomic E-state index is 11.8. The van der Waals surface area contributed by atoms with E-state index in [0.717, 1.165) is 0 Å². The van der Waals surface area contributed by atoms with Gasteiger partial charge in [0, 0.05) is 11.9 Å². The number of anilines is 2. The molecule has 0 spiro atoms. The fourth-order valence-electron chi connectivity index (χ4n) is 1.70. The average Bonchev–Trinajstić information content (AvgIpc) is 2.56. The number of hydrogen-bond donors (Lipinski definition) is 2. The van der Waals surface area contributed by atoms with Gasteiger partial charge >= 0.3 is 0 Å². The molecule has 0 aliphatic rings. The van der Waals surface area contributed by atoms with Crippen LogP contribution < -0.4 is 10.6 Å². The van der Waals surface area contributed by atoms with Crippen LogP contribution in [-0.2, 0) is 9.59 Å². The molecule has 2 aromatic rings. The van der Waals surface area contributed by atoms with Gasteiger partial charge < -0.3 is 10.6 Å². The molecule has 112 valence electrons. The van der Waals surface area contributed by atoms with Crippen LogP contribution in [0.4, 0.5) is 11.5 Å². The van der Waals surface area contributed by atoms with Crippen LogP contribution in [0.3, 0.4) is 0 Å². The molecule has 1 aromatic carbocycles. The molecule has 2 amide bonds. The molecular formula is C16H11N5O2. The monoisotopic (exact) mass is 305 g/mol. The van der Waals surface area contributed by atoms with Crippen molar-refractivity contribution >= 4 is 23.3 Å². The Labute approximate surface area is 132 Å². The predicted octanol–water partition coefficient (Wildman–Crippen LogP) is 1.79. The van der Waals surface area contributed by atoms with Crippen LogP contribution in [0.25, 0.3) is 0 Å². The second kappa shape index (κ2) is 7.34. The maximum atomic E-state index is 11.8. The lowest BCUT2D eigenvalue weighted by Gasteiger charge is -2.06. The number of hydrogen-bond acceptors (Lipinski definition) is 5. The van der Waals surface area contributed by atoms with Crippen LogP contribution in [0.1, 0.15) is 17.5 Å². The van der Waals surface area contributed by atoms with Crippen LogP contribution >= 0.6 is 0 Å². The summed E-state index contributed by atoms with van der Waals surface area (Å²) in [4.78, 5) is 27.4. The summed E-state index contributed by atoms with van der Waals surface area (Å²) in [6, 6.07) is 13.2. The van der Waals surface area contributed by atoms with Crippen molar-refractivity contribution in [2.24, 2.45) is 0 Å². The van der Waals surface area contributed by atoms with Crippen molar-refractivity contribution in [1.82, 2.24) is 4.98 Å². The highest BCUT2D eigenvalue weighted by Gasteiger charge is 2.10. The van der Waals surface area contributed by atoms with E-state index in [2.05, 4.69) is 15.6 Å². The molecule has 7 nitrogen and oxygen atoms in total. The summed E-state index contributed by atoms with van der Waals surface area (Å²) >= 11 is 0. The summed E-state index contributed by atoms with van der Waals surface area (Å²) in [6.45, 7) is 0. The summed E-state index contributed by atoms with van der Waals surface area (Å²) in [5.74, 6) is -0.741. The van der Waals surface area contributed by atoms with Crippen molar-refractivity contribution in [3.8, 4) is 12.1 Å². The van der Waals surface area contributed by atoms with Gasteiger partial charge in [-0.25, -0.2) is 4.98 Å². The van der Waals surface area contributed by atoms with Crippen molar-refractivity contribution < 1.29 is 9.59 Å². The molecule has 23 heavy (non-hydrogen) atoms. The molecule has 0 aliphatic carbocycles. The number of pyridine rings is 1. The number of aromatic nitrogens is 1. The molecular weight excluding hydrogens is 294 g/mol. The fraction of sp³-hybridized carbons (Fsp3) is 0.0625. The first-order chi connectivity index (χ1) is 11.1. The second-order valence-corrected chi connectivity index (χ2v) is 4.51.